The van der Waals surface area contributed by atoms with Crippen LogP contribution in [0.25, 0.3) is 33.0 Å². The Balaban J connectivity index is 1.23. The molecule has 0 unspecified atom stereocenters. The summed E-state index contributed by atoms with van der Waals surface area (Å²) in [6.45, 7) is 0. The van der Waals surface area contributed by atoms with Gasteiger partial charge in [-0.05, 0) is 153 Å². The zero-order valence-electron chi connectivity index (χ0n) is 35.0. The summed E-state index contributed by atoms with van der Waals surface area (Å²) in [5, 5.41) is 21.7. The Labute approximate surface area is 381 Å². The summed E-state index contributed by atoms with van der Waals surface area (Å²) < 4.78 is 83.8. The number of nitriles is 2. The Hall–Kier alpha value is -8.60. The first-order valence-electron chi connectivity index (χ1n) is 21.3. The van der Waals surface area contributed by atoms with Crippen LogP contribution < -0.4 is 9.80 Å². The monoisotopic (exact) mass is 886 g/mol. The van der Waals surface area contributed by atoms with E-state index >= 15 is 0 Å². The summed E-state index contributed by atoms with van der Waals surface area (Å²) in [6.07, 6.45) is -9.12. The molecule has 1 spiro atoms. The van der Waals surface area contributed by atoms with Gasteiger partial charge in [0.1, 0.15) is 0 Å². The van der Waals surface area contributed by atoms with Crippen molar-refractivity contribution in [2.24, 2.45) is 0 Å². The van der Waals surface area contributed by atoms with Gasteiger partial charge in [0, 0.05) is 33.8 Å². The van der Waals surface area contributed by atoms with Crippen LogP contribution in [0, 0.1) is 22.7 Å². The molecule has 0 saturated heterocycles. The van der Waals surface area contributed by atoms with E-state index in [0.717, 1.165) is 79.5 Å². The van der Waals surface area contributed by atoms with Gasteiger partial charge in [-0.3, -0.25) is 0 Å². The van der Waals surface area contributed by atoms with E-state index in [2.05, 4.69) is 48.5 Å². The first-order valence-corrected chi connectivity index (χ1v) is 21.3. The average Bonchev–Trinajstić information content (AvgIpc) is 3.81. The van der Waals surface area contributed by atoms with Crippen molar-refractivity contribution in [2.45, 2.75) is 17.8 Å². The lowest BCUT2D eigenvalue weighted by atomic mass is 9.70. The fourth-order valence-electron chi connectivity index (χ4n) is 10.2. The highest BCUT2D eigenvalue weighted by Crippen LogP contribution is 2.65. The van der Waals surface area contributed by atoms with Crippen LogP contribution in [-0.2, 0) is 17.8 Å². The van der Waals surface area contributed by atoms with Gasteiger partial charge in [-0.2, -0.15) is 36.9 Å². The number of anilines is 6. The molecule has 0 aliphatic heterocycles. The predicted octanol–water partition coefficient (Wildman–Crippen LogP) is 15.9. The molecule has 9 aromatic rings. The number of fused-ring (bicyclic) bond motifs is 12. The van der Waals surface area contributed by atoms with Gasteiger partial charge in [-0.1, -0.05) is 91.0 Å². The molecule has 11 rings (SSSR count). The summed E-state index contributed by atoms with van der Waals surface area (Å²) in [5.41, 5.74) is 9.16. The smallest absolute Gasteiger partial charge is 0.310 e. The first kappa shape index (κ1) is 41.1. The van der Waals surface area contributed by atoms with Gasteiger partial charge in [0.2, 0.25) is 0 Å². The number of benzene rings is 9. The van der Waals surface area contributed by atoms with E-state index in [1.165, 1.54) is 24.3 Å². The minimum absolute atomic E-state index is 0.368. The van der Waals surface area contributed by atoms with Gasteiger partial charge in [-0.15, -0.1) is 0 Å². The zero-order valence-corrected chi connectivity index (χ0v) is 35.0. The highest BCUT2D eigenvalue weighted by Gasteiger charge is 2.53. The van der Waals surface area contributed by atoms with Crippen LogP contribution in [0.15, 0.2) is 194 Å². The number of hydrogen-bond acceptors (Lipinski definition) is 4. The average molecular weight is 887 g/mol. The highest BCUT2D eigenvalue weighted by molar-refractivity contribution is 6.12. The quantitative estimate of drug-likeness (QED) is 0.156. The second kappa shape index (κ2) is 15.3. The number of hydrogen-bond donors (Lipinski definition) is 0. The van der Waals surface area contributed by atoms with Gasteiger partial charge < -0.3 is 9.80 Å². The molecule has 0 atom stereocenters. The van der Waals surface area contributed by atoms with Gasteiger partial charge >= 0.3 is 12.4 Å². The molecular weight excluding hydrogens is 855 g/mol. The second-order valence-electron chi connectivity index (χ2n) is 16.5. The summed E-state index contributed by atoms with van der Waals surface area (Å²) >= 11 is 0. The van der Waals surface area contributed by atoms with Gasteiger partial charge in [0.25, 0.3) is 0 Å². The summed E-state index contributed by atoms with van der Waals surface area (Å²) in [4.78, 5) is 3.75. The van der Waals surface area contributed by atoms with Crippen molar-refractivity contribution in [3.05, 3.63) is 239 Å². The molecule has 0 amide bonds. The lowest BCUT2D eigenvalue weighted by Gasteiger charge is -2.34. The molecule has 0 radical (unpaired) electrons. The van der Waals surface area contributed by atoms with Crippen LogP contribution in [0.5, 0.6) is 0 Å². The van der Waals surface area contributed by atoms with Crippen molar-refractivity contribution in [3.63, 3.8) is 0 Å². The Morgan fingerprint density at radius 2 is 0.836 bits per heavy atom. The molecule has 0 fully saturated rings. The molecule has 10 heteroatoms. The third-order valence-corrected chi connectivity index (χ3v) is 12.9. The standard InChI is InChI=1S/C57H32F6N4/c58-56(59,60)37-19-23-39(24-20-37)66(41-11-7-9-35(29-41)33-64)43-27-28-48-51(31-43)55(49-17-5-3-13-44(49)45-14-4-6-18-50(45)55)52-32-53(46-15-1-2-16-47(46)54(48)52)67(42-12-8-10-36(30-42)34-65)40-25-21-38(22-26-40)57(61,62)63/h1-32H. The van der Waals surface area contributed by atoms with Crippen LogP contribution in [0.1, 0.15) is 44.5 Å². The van der Waals surface area contributed by atoms with Gasteiger partial charge in [0.15, 0.2) is 0 Å². The fraction of sp³-hybridized carbons (Fsp3) is 0.0526. The van der Waals surface area contributed by atoms with Crippen molar-refractivity contribution in [2.75, 3.05) is 9.80 Å². The Kier molecular flexibility index (Phi) is 9.36. The maximum absolute atomic E-state index is 14.0. The first-order chi connectivity index (χ1) is 32.4. The highest BCUT2D eigenvalue weighted by atomic mass is 19.4. The van der Waals surface area contributed by atoms with Gasteiger partial charge in [0.05, 0.1) is 45.5 Å². The van der Waals surface area contributed by atoms with E-state index in [1.54, 1.807) is 36.4 Å². The Morgan fingerprint density at radius 3 is 1.37 bits per heavy atom. The maximum Gasteiger partial charge on any atom is 0.416 e. The van der Waals surface area contributed by atoms with Crippen molar-refractivity contribution in [3.8, 4) is 34.4 Å². The molecule has 67 heavy (non-hydrogen) atoms. The maximum atomic E-state index is 14.0. The van der Waals surface area contributed by atoms with E-state index < -0.39 is 28.9 Å². The molecule has 0 saturated carbocycles. The molecule has 0 aromatic heterocycles. The lowest BCUT2D eigenvalue weighted by molar-refractivity contribution is -0.138. The second-order valence-corrected chi connectivity index (χ2v) is 16.5. The Morgan fingerprint density at radius 1 is 0.373 bits per heavy atom. The number of nitrogens with zero attached hydrogens (tertiary/aromatic N) is 4. The fourth-order valence-corrected chi connectivity index (χ4v) is 10.2. The van der Waals surface area contributed by atoms with Crippen molar-refractivity contribution >= 4 is 44.9 Å². The van der Waals surface area contributed by atoms with Crippen LogP contribution in [0.4, 0.5) is 60.5 Å². The molecule has 9 aromatic carbocycles. The molecule has 2 aliphatic carbocycles. The SMILES string of the molecule is N#Cc1cccc(N(c2ccc(C(F)(F)F)cc2)c2ccc3c(c2)C2(c4ccccc4-c4ccccc42)c2cc(N(c4ccc(C(F)(F)F)cc4)c4cccc(C#N)c4)c4ccccc4c2-3)c1. The largest absolute Gasteiger partial charge is 0.416 e. The lowest BCUT2D eigenvalue weighted by Crippen LogP contribution is -2.26. The number of alkyl halides is 6. The Bertz CT molecular complexity index is 3500. The summed E-state index contributed by atoms with van der Waals surface area (Å²) in [7, 11) is 0. The van der Waals surface area contributed by atoms with Crippen LogP contribution in [0.2, 0.25) is 0 Å². The molecule has 322 valence electrons. The van der Waals surface area contributed by atoms with Crippen molar-refractivity contribution < 1.29 is 26.3 Å². The van der Waals surface area contributed by atoms with E-state index in [1.807, 2.05) is 82.6 Å². The topological polar surface area (TPSA) is 54.1 Å². The van der Waals surface area contributed by atoms with E-state index in [-0.39, 0.29) is 0 Å². The summed E-state index contributed by atoms with van der Waals surface area (Å²) in [5.74, 6) is 0. The molecule has 4 nitrogen and oxygen atoms in total. The summed E-state index contributed by atoms with van der Waals surface area (Å²) in [6, 6.07) is 60.8. The zero-order chi connectivity index (χ0) is 46.2. The molecule has 0 N–H and O–H groups in total. The number of rotatable bonds is 6. The van der Waals surface area contributed by atoms with E-state index in [4.69, 9.17) is 0 Å². The van der Waals surface area contributed by atoms with Crippen LogP contribution in [-0.4, -0.2) is 0 Å². The minimum atomic E-state index is -4.56. The molecule has 2 aliphatic rings. The van der Waals surface area contributed by atoms with Crippen LogP contribution in [0.3, 0.4) is 0 Å². The van der Waals surface area contributed by atoms with Crippen LogP contribution >= 0.6 is 0 Å². The minimum Gasteiger partial charge on any atom is -0.310 e. The predicted molar refractivity (Wildman–Crippen MR) is 249 cm³/mol. The van der Waals surface area contributed by atoms with E-state index in [0.29, 0.717) is 45.3 Å². The molecule has 0 bridgehead atoms. The normalized spacial score (nSPS) is 13.0. The molecular formula is C57H32F6N4. The third-order valence-electron chi connectivity index (χ3n) is 12.9. The van der Waals surface area contributed by atoms with E-state index in [9.17, 15) is 36.9 Å². The third kappa shape index (κ3) is 6.44. The van der Waals surface area contributed by atoms with Gasteiger partial charge in [-0.25, -0.2) is 0 Å². The van der Waals surface area contributed by atoms with Crippen molar-refractivity contribution in [1.82, 2.24) is 0 Å². The molecule has 0 heterocycles. The van der Waals surface area contributed by atoms with Crippen molar-refractivity contribution in [1.29, 1.82) is 10.5 Å². The number of halogens is 6.